The molecule has 4 rings (SSSR count). The molecule has 0 bridgehead atoms. The summed E-state index contributed by atoms with van der Waals surface area (Å²) in [4.78, 5) is 16.6. The zero-order chi connectivity index (χ0) is 17.8. The number of hydrogen-bond donors (Lipinski definition) is 1. The second kappa shape index (κ2) is 7.06. The number of amides is 1. The molecule has 1 amide bonds. The molecule has 128 valence electrons. The Morgan fingerprint density at radius 2 is 1.73 bits per heavy atom. The molecule has 0 atom stereocenters. The fourth-order valence-corrected chi connectivity index (χ4v) is 2.75. The van der Waals surface area contributed by atoms with Crippen molar-refractivity contribution in [2.75, 3.05) is 5.32 Å². The highest BCUT2D eigenvalue weighted by Gasteiger charge is 2.10. The first-order chi connectivity index (χ1) is 12.8. The average molecular weight is 343 g/mol. The lowest BCUT2D eigenvalue weighted by Crippen LogP contribution is -2.14. The van der Waals surface area contributed by atoms with Gasteiger partial charge in [-0.2, -0.15) is 5.10 Å². The predicted molar refractivity (Wildman–Crippen MR) is 99.3 cm³/mol. The molecule has 6 heteroatoms. The minimum atomic E-state index is -0.162. The number of anilines is 1. The van der Waals surface area contributed by atoms with Crippen molar-refractivity contribution in [3.63, 3.8) is 0 Å². The Morgan fingerprint density at radius 3 is 2.46 bits per heavy atom. The minimum Gasteiger partial charge on any atom is -0.350 e. The molecule has 0 aliphatic heterocycles. The zero-order valence-electron chi connectivity index (χ0n) is 14.0. The summed E-state index contributed by atoms with van der Waals surface area (Å²) in [5, 5.41) is 7.07. The monoisotopic (exact) mass is 343 g/mol. The number of nitrogens with one attached hydrogen (secondary N) is 1. The van der Waals surface area contributed by atoms with Crippen LogP contribution in [0, 0.1) is 0 Å². The van der Waals surface area contributed by atoms with E-state index in [-0.39, 0.29) is 5.91 Å². The highest BCUT2D eigenvalue weighted by Crippen LogP contribution is 2.19. The Bertz CT molecular complexity index is 989. The summed E-state index contributed by atoms with van der Waals surface area (Å²) >= 11 is 0. The van der Waals surface area contributed by atoms with Crippen molar-refractivity contribution in [1.29, 1.82) is 0 Å². The number of nitrogens with zero attached hydrogens (tertiary/aromatic N) is 4. The molecule has 0 aliphatic rings. The van der Waals surface area contributed by atoms with Gasteiger partial charge in [0.05, 0.1) is 11.4 Å². The largest absolute Gasteiger partial charge is 0.350 e. The normalized spacial score (nSPS) is 10.6. The first kappa shape index (κ1) is 15.8. The van der Waals surface area contributed by atoms with Crippen LogP contribution in [0.2, 0.25) is 0 Å². The molecule has 0 saturated heterocycles. The SMILES string of the molecule is O=C(Nc1ccccc1-n1cncn1)c1ccc(Cn2cccc2)cc1. The van der Waals surface area contributed by atoms with Gasteiger partial charge in [-0.25, -0.2) is 9.67 Å². The molecule has 0 radical (unpaired) electrons. The second-order valence-electron chi connectivity index (χ2n) is 5.86. The molecule has 0 fully saturated rings. The lowest BCUT2D eigenvalue weighted by atomic mass is 10.1. The van der Waals surface area contributed by atoms with Gasteiger partial charge in [-0.05, 0) is 42.0 Å². The van der Waals surface area contributed by atoms with Gasteiger partial charge in [0.1, 0.15) is 12.7 Å². The molecule has 0 saturated carbocycles. The van der Waals surface area contributed by atoms with Crippen LogP contribution in [0.25, 0.3) is 5.69 Å². The van der Waals surface area contributed by atoms with Crippen LogP contribution in [-0.2, 0) is 6.54 Å². The van der Waals surface area contributed by atoms with Crippen molar-refractivity contribution in [3.8, 4) is 5.69 Å². The van der Waals surface area contributed by atoms with Gasteiger partial charge in [-0.3, -0.25) is 4.79 Å². The Kier molecular flexibility index (Phi) is 4.30. The smallest absolute Gasteiger partial charge is 0.255 e. The van der Waals surface area contributed by atoms with Gasteiger partial charge in [-0.15, -0.1) is 0 Å². The van der Waals surface area contributed by atoms with E-state index in [0.29, 0.717) is 11.3 Å². The van der Waals surface area contributed by atoms with E-state index in [0.717, 1.165) is 17.8 Å². The summed E-state index contributed by atoms with van der Waals surface area (Å²) in [6, 6.07) is 19.1. The number of rotatable bonds is 5. The Balaban J connectivity index is 1.50. The number of carbonyl (C=O) groups is 1. The average Bonchev–Trinajstić information content (AvgIpc) is 3.37. The fourth-order valence-electron chi connectivity index (χ4n) is 2.75. The van der Waals surface area contributed by atoms with Crippen LogP contribution in [0.1, 0.15) is 15.9 Å². The number of aromatic nitrogens is 4. The van der Waals surface area contributed by atoms with Crippen molar-refractivity contribution in [2.45, 2.75) is 6.54 Å². The molecule has 2 aromatic heterocycles. The first-order valence-corrected chi connectivity index (χ1v) is 8.25. The minimum absolute atomic E-state index is 0.162. The van der Waals surface area contributed by atoms with Crippen molar-refractivity contribution in [3.05, 3.63) is 96.8 Å². The lowest BCUT2D eigenvalue weighted by Gasteiger charge is -2.11. The molecular formula is C20H17N5O. The first-order valence-electron chi connectivity index (χ1n) is 8.25. The van der Waals surface area contributed by atoms with E-state index in [4.69, 9.17) is 0 Å². The van der Waals surface area contributed by atoms with Gasteiger partial charge < -0.3 is 9.88 Å². The second-order valence-corrected chi connectivity index (χ2v) is 5.86. The quantitative estimate of drug-likeness (QED) is 0.604. The summed E-state index contributed by atoms with van der Waals surface area (Å²) in [6.45, 7) is 0.782. The highest BCUT2D eigenvalue weighted by molar-refractivity contribution is 6.05. The molecule has 0 unspecified atom stereocenters. The van der Waals surface area contributed by atoms with Gasteiger partial charge in [-0.1, -0.05) is 24.3 Å². The van der Waals surface area contributed by atoms with Gasteiger partial charge in [0.15, 0.2) is 0 Å². The summed E-state index contributed by atoms with van der Waals surface area (Å²) in [5.41, 5.74) is 3.19. The Morgan fingerprint density at radius 1 is 0.962 bits per heavy atom. The molecule has 26 heavy (non-hydrogen) atoms. The van der Waals surface area contributed by atoms with Crippen LogP contribution >= 0.6 is 0 Å². The molecule has 2 heterocycles. The van der Waals surface area contributed by atoms with E-state index in [2.05, 4.69) is 20.0 Å². The van der Waals surface area contributed by atoms with Crippen molar-refractivity contribution in [2.24, 2.45) is 0 Å². The fraction of sp³-hybridized carbons (Fsp3) is 0.0500. The molecular weight excluding hydrogens is 326 g/mol. The predicted octanol–water partition coefficient (Wildman–Crippen LogP) is 3.37. The van der Waals surface area contributed by atoms with Crippen molar-refractivity contribution >= 4 is 11.6 Å². The van der Waals surface area contributed by atoms with E-state index in [1.807, 2.05) is 73.1 Å². The van der Waals surface area contributed by atoms with Crippen molar-refractivity contribution in [1.82, 2.24) is 19.3 Å². The Hall–Kier alpha value is -3.67. The maximum absolute atomic E-state index is 12.6. The van der Waals surface area contributed by atoms with E-state index in [1.54, 1.807) is 11.0 Å². The van der Waals surface area contributed by atoms with Crippen LogP contribution in [-0.4, -0.2) is 25.2 Å². The van der Waals surface area contributed by atoms with Gasteiger partial charge in [0.2, 0.25) is 0 Å². The van der Waals surface area contributed by atoms with Gasteiger partial charge in [0.25, 0.3) is 5.91 Å². The maximum atomic E-state index is 12.6. The summed E-state index contributed by atoms with van der Waals surface area (Å²) in [7, 11) is 0. The lowest BCUT2D eigenvalue weighted by molar-refractivity contribution is 0.102. The van der Waals surface area contributed by atoms with Gasteiger partial charge in [0, 0.05) is 24.5 Å². The molecule has 0 aliphatic carbocycles. The maximum Gasteiger partial charge on any atom is 0.255 e. The Labute approximate surface area is 150 Å². The molecule has 6 nitrogen and oxygen atoms in total. The van der Waals surface area contributed by atoms with Crippen LogP contribution < -0.4 is 5.32 Å². The number of benzene rings is 2. The standard InChI is InChI=1S/C20H17N5O/c26-20(17-9-7-16(8-10-17)13-24-11-3-4-12-24)23-18-5-1-2-6-19(18)25-15-21-14-22-25/h1-12,14-15H,13H2,(H,23,26). The number of para-hydroxylation sites is 2. The topological polar surface area (TPSA) is 64.7 Å². The van der Waals surface area contributed by atoms with E-state index in [1.165, 1.54) is 6.33 Å². The van der Waals surface area contributed by atoms with E-state index in [9.17, 15) is 4.79 Å². The third kappa shape index (κ3) is 3.39. The van der Waals surface area contributed by atoms with Crippen LogP contribution in [0.15, 0.2) is 85.7 Å². The summed E-state index contributed by atoms with van der Waals surface area (Å²) in [5.74, 6) is -0.162. The van der Waals surface area contributed by atoms with Crippen molar-refractivity contribution < 1.29 is 4.79 Å². The zero-order valence-corrected chi connectivity index (χ0v) is 14.0. The third-order valence-corrected chi connectivity index (χ3v) is 4.07. The van der Waals surface area contributed by atoms with Gasteiger partial charge >= 0.3 is 0 Å². The van der Waals surface area contributed by atoms with E-state index < -0.39 is 0 Å². The molecule has 4 aromatic rings. The molecule has 1 N–H and O–H groups in total. The van der Waals surface area contributed by atoms with Crippen LogP contribution in [0.5, 0.6) is 0 Å². The van der Waals surface area contributed by atoms with E-state index >= 15 is 0 Å². The number of hydrogen-bond acceptors (Lipinski definition) is 3. The molecule has 2 aromatic carbocycles. The summed E-state index contributed by atoms with van der Waals surface area (Å²) in [6.07, 6.45) is 7.09. The highest BCUT2D eigenvalue weighted by atomic mass is 16.1. The van der Waals surface area contributed by atoms with Crippen LogP contribution in [0.4, 0.5) is 5.69 Å². The third-order valence-electron chi connectivity index (χ3n) is 4.07. The summed E-state index contributed by atoms with van der Waals surface area (Å²) < 4.78 is 3.71. The van der Waals surface area contributed by atoms with Crippen LogP contribution in [0.3, 0.4) is 0 Å². The molecule has 0 spiro atoms. The number of carbonyl (C=O) groups excluding carboxylic acids is 1.